The number of hydrogen-bond acceptors (Lipinski definition) is 20. The van der Waals surface area contributed by atoms with Crippen molar-refractivity contribution in [3.8, 4) is 34.9 Å². The number of ether oxygens (including phenoxy) is 7. The Morgan fingerprint density at radius 2 is 1.00 bits per heavy atom. The van der Waals surface area contributed by atoms with E-state index in [1.54, 1.807) is 139 Å². The topological polar surface area (TPSA) is 263 Å². The van der Waals surface area contributed by atoms with Crippen LogP contribution in [0.2, 0.25) is 0 Å². The number of fused-ring (bicyclic) bond motifs is 10. The van der Waals surface area contributed by atoms with Gasteiger partial charge in [0.25, 0.3) is 23.6 Å². The number of aliphatic hydroxyl groups is 1. The zero-order valence-electron chi connectivity index (χ0n) is 56.2. The minimum atomic E-state index is -5.13. The van der Waals surface area contributed by atoms with Crippen LogP contribution in [0.15, 0.2) is 63.5 Å². The highest BCUT2D eigenvalue weighted by molar-refractivity contribution is 6.12. The lowest BCUT2D eigenvalue weighted by Crippen LogP contribution is -2.45. The van der Waals surface area contributed by atoms with E-state index >= 15 is 13.2 Å². The fraction of sp³-hybridized carbons (Fsp3) is 0.612. The van der Waals surface area contributed by atoms with Gasteiger partial charge < -0.3 is 47.1 Å². The molecule has 520 valence electrons. The van der Waals surface area contributed by atoms with E-state index in [-0.39, 0.29) is 59.6 Å². The number of benzene rings is 1. The van der Waals surface area contributed by atoms with Gasteiger partial charge in [0.2, 0.25) is 23.0 Å². The number of carbonyl (C=O) groups excluding carboxylic acids is 4. The quantitative estimate of drug-likeness (QED) is 0.0816. The summed E-state index contributed by atoms with van der Waals surface area (Å²) in [5, 5.41) is 26.1. The van der Waals surface area contributed by atoms with Gasteiger partial charge in [-0.2, -0.15) is 36.1 Å². The summed E-state index contributed by atoms with van der Waals surface area (Å²) in [4.78, 5) is 64.8. The molecule has 6 heterocycles. The van der Waals surface area contributed by atoms with Gasteiger partial charge in [0.15, 0.2) is 11.4 Å². The molecule has 2 fully saturated rings. The molecule has 2 aliphatic carbocycles. The number of allylic oxidation sites excluding steroid dienone is 1. The SMILES string of the molecule is Cc1cc(N(C(=O)OC(C)(C)C)C(=O)OC(C)(C)C)c2nc1OC(CC1CC1)CC=CCC[C@](OCc1ccccc1)(C(F)(F)F)c1nnc-2o1.Cc1cc(N(C(=O)OC(C)(C)C)C(=O)OC(C)(C)C)c2nc1OC(CC1CC1)CCCCC[C@](O)(C(F)(F)F)c1nnc-2o1. The normalized spacial score (nSPS) is 20.6. The Morgan fingerprint density at radius 3 is 1.44 bits per heavy atom. The van der Waals surface area contributed by atoms with Crippen molar-refractivity contribution in [1.82, 2.24) is 30.4 Å². The summed E-state index contributed by atoms with van der Waals surface area (Å²) < 4.78 is 141. The van der Waals surface area contributed by atoms with Gasteiger partial charge in [0.1, 0.15) is 34.6 Å². The highest BCUT2D eigenvalue weighted by Crippen LogP contribution is 2.49. The van der Waals surface area contributed by atoms with Crippen molar-refractivity contribution in [2.24, 2.45) is 11.8 Å². The Balaban J connectivity index is 0.000000246. The highest BCUT2D eigenvalue weighted by Gasteiger charge is 2.62. The summed E-state index contributed by atoms with van der Waals surface area (Å²) in [6.07, 6.45) is -5.35. The maximum Gasteiger partial charge on any atom is 0.426 e. The average molecular weight is 1340 g/mol. The Labute approximate surface area is 548 Å². The molecule has 8 bridgehead atoms. The van der Waals surface area contributed by atoms with Crippen LogP contribution in [0.25, 0.3) is 23.2 Å². The first-order chi connectivity index (χ1) is 44.1. The Bertz CT molecular complexity index is 3490. The fourth-order valence-electron chi connectivity index (χ4n) is 10.3. The van der Waals surface area contributed by atoms with E-state index in [2.05, 4.69) is 30.4 Å². The lowest BCUT2D eigenvalue weighted by atomic mass is 9.94. The number of amides is 4. The third kappa shape index (κ3) is 19.2. The molecule has 1 aromatic carbocycles. The molecule has 5 aromatic rings. The van der Waals surface area contributed by atoms with E-state index in [1.165, 1.54) is 12.1 Å². The van der Waals surface area contributed by atoms with E-state index in [0.29, 0.717) is 70.4 Å². The molecule has 0 spiro atoms. The number of aryl methyl sites for hydroxylation is 2. The van der Waals surface area contributed by atoms with Gasteiger partial charge in [-0.05, 0) is 178 Å². The molecule has 2 unspecified atom stereocenters. The van der Waals surface area contributed by atoms with Crippen LogP contribution in [0, 0.1) is 25.7 Å². The number of nitrogens with zero attached hydrogens (tertiary/aromatic N) is 8. The lowest BCUT2D eigenvalue weighted by Gasteiger charge is -2.32. The second-order valence-electron chi connectivity index (χ2n) is 28.5. The smallest absolute Gasteiger partial charge is 0.426 e. The predicted octanol–water partition coefficient (Wildman–Crippen LogP) is 16.8. The first-order valence-corrected chi connectivity index (χ1v) is 31.9. The van der Waals surface area contributed by atoms with Gasteiger partial charge in [0, 0.05) is 17.5 Å². The van der Waals surface area contributed by atoms with Crippen LogP contribution in [0.3, 0.4) is 0 Å². The summed E-state index contributed by atoms with van der Waals surface area (Å²) in [7, 11) is 0. The van der Waals surface area contributed by atoms with Gasteiger partial charge in [-0.1, -0.05) is 74.6 Å². The lowest BCUT2D eigenvalue weighted by molar-refractivity contribution is -0.299. The van der Waals surface area contributed by atoms with Gasteiger partial charge >= 0.3 is 36.7 Å². The van der Waals surface area contributed by atoms with Gasteiger partial charge in [-0.25, -0.2) is 29.1 Å². The van der Waals surface area contributed by atoms with Crippen LogP contribution in [0.5, 0.6) is 11.8 Å². The molecule has 4 atom stereocenters. The van der Waals surface area contributed by atoms with Gasteiger partial charge in [0.05, 0.1) is 18.0 Å². The van der Waals surface area contributed by atoms with E-state index < -0.39 is 113 Å². The van der Waals surface area contributed by atoms with Crippen LogP contribution in [-0.2, 0) is 41.5 Å². The summed E-state index contributed by atoms with van der Waals surface area (Å²) >= 11 is 0. The van der Waals surface area contributed by atoms with Crippen LogP contribution >= 0.6 is 0 Å². The Kier molecular flexibility index (Phi) is 21.8. The molecule has 2 aliphatic heterocycles. The number of aromatic nitrogens is 6. The molecule has 0 radical (unpaired) electrons. The monoisotopic (exact) mass is 1340 g/mol. The summed E-state index contributed by atoms with van der Waals surface area (Å²) in [6, 6.07) is 11.3. The number of anilines is 2. The number of pyridine rings is 2. The second-order valence-corrected chi connectivity index (χ2v) is 28.5. The van der Waals surface area contributed by atoms with Gasteiger partial charge in [-0.3, -0.25) is 0 Å². The molecule has 4 amide bonds. The summed E-state index contributed by atoms with van der Waals surface area (Å²) in [6.45, 7) is 22.3. The fourth-order valence-corrected chi connectivity index (χ4v) is 10.3. The number of halogens is 6. The maximum absolute atomic E-state index is 15.3. The first-order valence-electron chi connectivity index (χ1n) is 31.9. The first kappa shape index (κ1) is 72.9. The van der Waals surface area contributed by atoms with E-state index in [4.69, 9.17) is 42.0 Å². The largest absolute Gasteiger partial charge is 0.474 e. The van der Waals surface area contributed by atoms with Crippen LogP contribution in [-0.4, -0.2) is 107 Å². The molecule has 1 N–H and O–H groups in total. The van der Waals surface area contributed by atoms with Crippen molar-refractivity contribution < 1.29 is 92.6 Å². The highest BCUT2D eigenvalue weighted by atomic mass is 19.4. The maximum atomic E-state index is 15.3. The standard InChI is InChI=1S/C37H45F3N4O7.C30H41F3N4O7/c1-23-20-27(44(32(45)50-34(2,3)4)33(46)51-35(5,6)7)28-30-42-43-31(49-30)36(37(38,39)40,47-22-25-14-10-8-11-15-25)19-13-9-12-16-26(21-24-17-18-24)48-29(23)41-28;1-17-15-20(37(25(38)43-27(2,3)4)26(39)44-28(5,6)7)21-23-35-36-24(42-23)29(40,30(31,32)33)14-10-8-9-11-19(16-18-12-13-18)41-22(17)34-21/h8-12,14-15,20,24,26H,13,16-19,21-22H2,1-7H3;15,18-19,40H,8-14,16H2,1-7H3/t26?,36-;19?,29-/m11/s1. The third-order valence-corrected chi connectivity index (χ3v) is 15.2. The summed E-state index contributed by atoms with van der Waals surface area (Å²) in [5.74, 6) is -1.83. The molecule has 9 rings (SSSR count). The molecule has 28 heteroatoms. The molecular formula is C67H86F6N8O14. The molecule has 95 heavy (non-hydrogen) atoms. The van der Waals surface area contributed by atoms with Crippen molar-refractivity contribution in [3.63, 3.8) is 0 Å². The third-order valence-electron chi connectivity index (χ3n) is 15.2. The molecular weight excluding hydrogens is 1250 g/mol. The molecule has 4 aliphatic rings. The van der Waals surface area contributed by atoms with Crippen LogP contribution in [0.4, 0.5) is 56.9 Å². The van der Waals surface area contributed by atoms with Crippen molar-refractivity contribution in [2.75, 3.05) is 9.80 Å². The molecule has 4 aromatic heterocycles. The van der Waals surface area contributed by atoms with Crippen molar-refractivity contribution >= 4 is 35.7 Å². The predicted molar refractivity (Wildman–Crippen MR) is 333 cm³/mol. The molecule has 2 saturated carbocycles. The Hall–Kier alpha value is -7.88. The van der Waals surface area contributed by atoms with Crippen LogP contribution < -0.4 is 19.3 Å². The average Bonchev–Trinajstić information content (AvgIpc) is 1.70. The zero-order valence-corrected chi connectivity index (χ0v) is 56.2. The summed E-state index contributed by atoms with van der Waals surface area (Å²) in [5.41, 5.74) is -10.3. The molecule has 0 saturated heterocycles. The zero-order chi connectivity index (χ0) is 69.9. The van der Waals surface area contributed by atoms with E-state index in [1.807, 2.05) is 0 Å². The number of imide groups is 2. The Morgan fingerprint density at radius 1 is 0.558 bits per heavy atom. The number of alkyl halides is 6. The van der Waals surface area contributed by atoms with Crippen molar-refractivity contribution in [1.29, 1.82) is 0 Å². The second kappa shape index (κ2) is 28.4. The minimum absolute atomic E-state index is 0.0267. The van der Waals surface area contributed by atoms with E-state index in [0.717, 1.165) is 32.1 Å². The van der Waals surface area contributed by atoms with Gasteiger partial charge in [-0.15, -0.1) is 20.4 Å². The number of hydrogen-bond donors (Lipinski definition) is 1. The van der Waals surface area contributed by atoms with Crippen molar-refractivity contribution in [3.05, 3.63) is 83.1 Å². The van der Waals surface area contributed by atoms with Crippen LogP contribution in [0.1, 0.15) is 201 Å². The minimum Gasteiger partial charge on any atom is -0.474 e. The van der Waals surface area contributed by atoms with Crippen molar-refractivity contribution in [2.45, 2.75) is 252 Å². The number of rotatable bonds is 9. The van der Waals surface area contributed by atoms with E-state index in [9.17, 15) is 37.5 Å². The number of carbonyl (C=O) groups is 4. The molecule has 22 nitrogen and oxygen atoms in total.